The molecule has 0 aliphatic rings. The van der Waals surface area contributed by atoms with Crippen LogP contribution in [0.3, 0.4) is 0 Å². The quantitative estimate of drug-likeness (QED) is 0.687. The molecule has 0 aliphatic heterocycles. The molecule has 1 amide bonds. The lowest BCUT2D eigenvalue weighted by atomic mass is 10.3. The van der Waals surface area contributed by atoms with E-state index in [1.165, 1.54) is 11.8 Å². The van der Waals surface area contributed by atoms with E-state index in [0.717, 1.165) is 5.69 Å². The lowest BCUT2D eigenvalue weighted by Crippen LogP contribution is -2.25. The molecule has 2 aromatic heterocycles. The predicted octanol–water partition coefficient (Wildman–Crippen LogP) is 3.16. The summed E-state index contributed by atoms with van der Waals surface area (Å²) in [6.07, 6.45) is 3.33. The minimum Gasteiger partial charge on any atom is -0.310 e. The van der Waals surface area contributed by atoms with E-state index in [-0.39, 0.29) is 17.2 Å². The van der Waals surface area contributed by atoms with Crippen molar-refractivity contribution in [1.82, 2.24) is 24.5 Å². The zero-order valence-electron chi connectivity index (χ0n) is 14.3. The van der Waals surface area contributed by atoms with Crippen LogP contribution < -0.4 is 5.32 Å². The zero-order valence-corrected chi connectivity index (χ0v) is 15.1. The van der Waals surface area contributed by atoms with E-state index >= 15 is 0 Å². The topological polar surface area (TPSA) is 77.6 Å². The van der Waals surface area contributed by atoms with Gasteiger partial charge in [0.1, 0.15) is 12.1 Å². The summed E-state index contributed by atoms with van der Waals surface area (Å²) in [5.41, 5.74) is 0.959. The molecule has 0 fully saturated rings. The summed E-state index contributed by atoms with van der Waals surface area (Å²) < 4.78 is 3.65. The van der Waals surface area contributed by atoms with Crippen molar-refractivity contribution in [3.8, 4) is 5.69 Å². The van der Waals surface area contributed by atoms with Crippen molar-refractivity contribution >= 4 is 23.5 Å². The molecule has 8 heteroatoms. The maximum Gasteiger partial charge on any atom is 0.238 e. The predicted molar refractivity (Wildman–Crippen MR) is 97.9 cm³/mol. The van der Waals surface area contributed by atoms with Gasteiger partial charge in [0.15, 0.2) is 5.16 Å². The third-order valence-electron chi connectivity index (χ3n) is 3.61. The Labute approximate surface area is 150 Å². The molecule has 25 heavy (non-hydrogen) atoms. The molecular formula is C17H20N6OS. The second-order valence-electron chi connectivity index (χ2n) is 5.82. The second-order valence-corrected chi connectivity index (χ2v) is 7.13. The van der Waals surface area contributed by atoms with Crippen molar-refractivity contribution in [2.75, 3.05) is 5.32 Å². The Morgan fingerprint density at radius 3 is 2.64 bits per heavy atom. The maximum atomic E-state index is 12.5. The van der Waals surface area contributed by atoms with E-state index in [4.69, 9.17) is 0 Å². The fraction of sp³-hybridized carbons (Fsp3) is 0.294. The summed E-state index contributed by atoms with van der Waals surface area (Å²) in [4.78, 5) is 12.5. The number of carbonyl (C=O) groups excluding carboxylic acids is 1. The van der Waals surface area contributed by atoms with E-state index < -0.39 is 0 Å². The number of rotatable bonds is 6. The molecule has 0 bridgehead atoms. The highest BCUT2D eigenvalue weighted by Gasteiger charge is 2.20. The lowest BCUT2D eigenvalue weighted by molar-refractivity contribution is -0.115. The molecule has 7 nitrogen and oxygen atoms in total. The molecule has 2 heterocycles. The van der Waals surface area contributed by atoms with Gasteiger partial charge in [-0.25, -0.2) is 4.68 Å². The highest BCUT2D eigenvalue weighted by Crippen LogP contribution is 2.25. The van der Waals surface area contributed by atoms with Gasteiger partial charge in [0.05, 0.1) is 11.4 Å². The van der Waals surface area contributed by atoms with Gasteiger partial charge in [0.25, 0.3) is 0 Å². The zero-order chi connectivity index (χ0) is 17.8. The van der Waals surface area contributed by atoms with Crippen LogP contribution in [0.25, 0.3) is 5.69 Å². The van der Waals surface area contributed by atoms with Crippen molar-refractivity contribution in [3.63, 3.8) is 0 Å². The monoisotopic (exact) mass is 356 g/mol. The Kier molecular flexibility index (Phi) is 5.18. The molecule has 0 spiro atoms. The van der Waals surface area contributed by atoms with E-state index in [2.05, 4.69) is 20.6 Å². The number of hydrogen-bond acceptors (Lipinski definition) is 5. The Morgan fingerprint density at radius 2 is 1.92 bits per heavy atom. The molecule has 130 valence electrons. The first-order valence-electron chi connectivity index (χ1n) is 8.02. The fourth-order valence-electron chi connectivity index (χ4n) is 2.33. The van der Waals surface area contributed by atoms with Crippen LogP contribution in [0.4, 0.5) is 5.82 Å². The molecule has 1 unspecified atom stereocenters. The normalized spacial score (nSPS) is 12.3. The van der Waals surface area contributed by atoms with Crippen LogP contribution >= 0.6 is 11.8 Å². The summed E-state index contributed by atoms with van der Waals surface area (Å²) in [5, 5.41) is 15.6. The van der Waals surface area contributed by atoms with E-state index in [9.17, 15) is 4.79 Å². The van der Waals surface area contributed by atoms with Crippen molar-refractivity contribution < 1.29 is 4.79 Å². The summed E-state index contributed by atoms with van der Waals surface area (Å²) in [5.74, 6) is 0.590. The third-order valence-corrected chi connectivity index (χ3v) is 4.67. The minimum absolute atomic E-state index is 0.102. The van der Waals surface area contributed by atoms with Gasteiger partial charge >= 0.3 is 0 Å². The number of nitrogens with one attached hydrogen (secondary N) is 1. The van der Waals surface area contributed by atoms with Crippen LogP contribution in [-0.4, -0.2) is 35.7 Å². The number of benzene rings is 1. The number of aromatic nitrogens is 5. The number of hydrogen-bond donors (Lipinski definition) is 1. The standard InChI is InChI=1S/C17H20N6OS/c1-12(2)23-15(9-10-19-23)20-16(24)13(3)25-17-21-18-11-22(17)14-7-5-4-6-8-14/h4-13H,1-3H3,(H,20,24). The molecule has 1 aromatic carbocycles. The van der Waals surface area contributed by atoms with Crippen LogP contribution in [-0.2, 0) is 4.79 Å². The van der Waals surface area contributed by atoms with Crippen LogP contribution in [0.2, 0.25) is 0 Å². The fourth-order valence-corrected chi connectivity index (χ4v) is 3.18. The summed E-state index contributed by atoms with van der Waals surface area (Å²) in [7, 11) is 0. The van der Waals surface area contributed by atoms with E-state index in [0.29, 0.717) is 11.0 Å². The molecule has 3 rings (SSSR count). The molecule has 0 saturated heterocycles. The van der Waals surface area contributed by atoms with Gasteiger partial charge in [-0.05, 0) is 32.9 Å². The lowest BCUT2D eigenvalue weighted by Gasteiger charge is -2.15. The number of nitrogens with zero attached hydrogens (tertiary/aromatic N) is 5. The van der Waals surface area contributed by atoms with Gasteiger partial charge in [-0.3, -0.25) is 9.36 Å². The van der Waals surface area contributed by atoms with Gasteiger partial charge in [0.2, 0.25) is 5.91 Å². The summed E-state index contributed by atoms with van der Waals surface area (Å²) in [6, 6.07) is 11.8. The smallest absolute Gasteiger partial charge is 0.238 e. The number of thioether (sulfide) groups is 1. The van der Waals surface area contributed by atoms with Crippen LogP contribution in [0.5, 0.6) is 0 Å². The maximum absolute atomic E-state index is 12.5. The Balaban J connectivity index is 1.71. The molecular weight excluding hydrogens is 336 g/mol. The largest absolute Gasteiger partial charge is 0.310 e. The number of para-hydroxylation sites is 1. The summed E-state index contributed by atoms with van der Waals surface area (Å²) >= 11 is 1.36. The van der Waals surface area contributed by atoms with Gasteiger partial charge in [-0.2, -0.15) is 5.10 Å². The Bertz CT molecular complexity index is 842. The van der Waals surface area contributed by atoms with Gasteiger partial charge in [0, 0.05) is 17.8 Å². The molecule has 1 atom stereocenters. The second kappa shape index (κ2) is 7.52. The van der Waals surface area contributed by atoms with Gasteiger partial charge < -0.3 is 5.32 Å². The van der Waals surface area contributed by atoms with Crippen LogP contribution in [0.1, 0.15) is 26.8 Å². The van der Waals surface area contributed by atoms with Crippen molar-refractivity contribution in [2.45, 2.75) is 37.2 Å². The average Bonchev–Trinajstić information content (AvgIpc) is 3.25. The molecule has 3 aromatic rings. The van der Waals surface area contributed by atoms with Gasteiger partial charge in [-0.15, -0.1) is 10.2 Å². The molecule has 0 aliphatic carbocycles. The first-order valence-corrected chi connectivity index (χ1v) is 8.90. The first-order chi connectivity index (χ1) is 12.1. The molecule has 0 radical (unpaired) electrons. The van der Waals surface area contributed by atoms with Gasteiger partial charge in [-0.1, -0.05) is 30.0 Å². The van der Waals surface area contributed by atoms with Crippen molar-refractivity contribution in [2.24, 2.45) is 0 Å². The van der Waals surface area contributed by atoms with E-state index in [1.54, 1.807) is 23.3 Å². The molecule has 0 saturated carbocycles. The Morgan fingerprint density at radius 1 is 1.16 bits per heavy atom. The average molecular weight is 356 g/mol. The molecule has 1 N–H and O–H groups in total. The number of amides is 1. The van der Waals surface area contributed by atoms with E-state index in [1.807, 2.05) is 55.7 Å². The third kappa shape index (κ3) is 3.90. The highest BCUT2D eigenvalue weighted by atomic mass is 32.2. The van der Waals surface area contributed by atoms with Crippen molar-refractivity contribution in [1.29, 1.82) is 0 Å². The van der Waals surface area contributed by atoms with Crippen LogP contribution in [0.15, 0.2) is 54.1 Å². The summed E-state index contributed by atoms with van der Waals surface area (Å²) in [6.45, 7) is 5.88. The minimum atomic E-state index is -0.331. The number of carbonyl (C=O) groups is 1. The van der Waals surface area contributed by atoms with Crippen molar-refractivity contribution in [3.05, 3.63) is 48.9 Å². The highest BCUT2D eigenvalue weighted by molar-refractivity contribution is 8.00. The first kappa shape index (κ1) is 17.2. The number of anilines is 1. The van der Waals surface area contributed by atoms with Crippen LogP contribution in [0, 0.1) is 0 Å². The SMILES string of the molecule is CC(Sc1nncn1-c1ccccc1)C(=O)Nc1ccnn1C(C)C. The Hall–Kier alpha value is -2.61.